The number of Topliss-reactive ketones (excluding diaryl/α,β-unsaturated/α-hetero) is 2. The van der Waals surface area contributed by atoms with Crippen LogP contribution in [0.15, 0.2) is 57.1 Å². The summed E-state index contributed by atoms with van der Waals surface area (Å²) < 4.78 is 10.5. The number of ether oxygens (including phenoxy) is 2. The molecule has 0 spiro atoms. The van der Waals surface area contributed by atoms with Gasteiger partial charge in [0.2, 0.25) is 23.1 Å². The zero-order valence-electron chi connectivity index (χ0n) is 11.6. The average molecular weight is 396 g/mol. The van der Waals surface area contributed by atoms with Crippen LogP contribution in [0.3, 0.4) is 0 Å². The predicted octanol–water partition coefficient (Wildman–Crippen LogP) is 3.05. The number of rotatable bonds is 4. The van der Waals surface area contributed by atoms with E-state index in [-0.39, 0.29) is 17.1 Å². The first-order chi connectivity index (χ1) is 10.1. The third-order valence-corrected chi connectivity index (χ3v) is 3.84. The van der Waals surface area contributed by atoms with Crippen molar-refractivity contribution in [1.29, 1.82) is 0 Å². The van der Waals surface area contributed by atoms with E-state index in [4.69, 9.17) is 9.47 Å². The molecule has 2 rings (SSSR count). The summed E-state index contributed by atoms with van der Waals surface area (Å²) in [5, 5.41) is 0. The molecule has 0 heterocycles. The van der Waals surface area contributed by atoms with Gasteiger partial charge in [-0.3, -0.25) is 9.59 Å². The summed E-state index contributed by atoms with van der Waals surface area (Å²) in [7, 11) is 2.68. The van der Waals surface area contributed by atoms with E-state index in [0.29, 0.717) is 3.58 Å². The van der Waals surface area contributed by atoms with Crippen LogP contribution in [0.2, 0.25) is 0 Å². The molecule has 5 heteroatoms. The highest BCUT2D eigenvalue weighted by Gasteiger charge is 2.39. The van der Waals surface area contributed by atoms with Gasteiger partial charge in [0.15, 0.2) is 0 Å². The molecule has 0 aromatic heterocycles. The fraction of sp³-hybridized carbons (Fsp3) is 0.125. The minimum absolute atomic E-state index is 0.0419. The van der Waals surface area contributed by atoms with Crippen LogP contribution >= 0.6 is 22.6 Å². The largest absolute Gasteiger partial charge is 0.489 e. The monoisotopic (exact) mass is 396 g/mol. The maximum atomic E-state index is 12.2. The molecule has 0 aliphatic heterocycles. The molecule has 0 atom stereocenters. The molecule has 0 N–H and O–H groups in total. The van der Waals surface area contributed by atoms with Crippen LogP contribution in [0.25, 0.3) is 6.08 Å². The van der Waals surface area contributed by atoms with Crippen molar-refractivity contribution < 1.29 is 19.1 Å². The smallest absolute Gasteiger partial charge is 0.236 e. The SMILES string of the molecule is COC1=C(OC)C(=O)C(=C(I)/C=C/c2ccccc2)C1=O. The molecule has 0 radical (unpaired) electrons. The Bertz CT molecular complexity index is 641. The Labute approximate surface area is 136 Å². The molecular weight excluding hydrogens is 383 g/mol. The number of carbonyl (C=O) groups is 2. The minimum Gasteiger partial charge on any atom is -0.489 e. The Kier molecular flexibility index (Phi) is 4.95. The number of allylic oxidation sites excluding steroid dienone is 4. The Hall–Kier alpha value is -1.89. The Morgan fingerprint density at radius 2 is 1.52 bits per heavy atom. The van der Waals surface area contributed by atoms with Gasteiger partial charge >= 0.3 is 0 Å². The van der Waals surface area contributed by atoms with Crippen molar-refractivity contribution in [3.8, 4) is 0 Å². The second-order valence-electron chi connectivity index (χ2n) is 4.19. The third-order valence-electron chi connectivity index (χ3n) is 2.94. The topological polar surface area (TPSA) is 52.6 Å². The highest BCUT2D eigenvalue weighted by molar-refractivity contribution is 14.1. The van der Waals surface area contributed by atoms with Gasteiger partial charge in [0.1, 0.15) is 0 Å². The zero-order chi connectivity index (χ0) is 15.4. The van der Waals surface area contributed by atoms with Crippen molar-refractivity contribution in [3.05, 3.63) is 62.6 Å². The summed E-state index contributed by atoms with van der Waals surface area (Å²) in [4.78, 5) is 24.4. The predicted molar refractivity (Wildman–Crippen MR) is 87.6 cm³/mol. The standard InChI is InChI=1S/C16H13IO4/c1-20-15-13(18)12(14(19)16(15)21-2)11(17)9-8-10-6-4-3-5-7-10/h3-9H,1-2H3/b9-8+. The summed E-state index contributed by atoms with van der Waals surface area (Å²) in [6.45, 7) is 0. The minimum atomic E-state index is -0.443. The molecule has 0 bridgehead atoms. The van der Waals surface area contributed by atoms with Gasteiger partial charge in [-0.25, -0.2) is 0 Å². The van der Waals surface area contributed by atoms with Crippen LogP contribution in [-0.4, -0.2) is 25.8 Å². The average Bonchev–Trinajstić information content (AvgIpc) is 2.75. The molecule has 0 saturated carbocycles. The van der Waals surface area contributed by atoms with Gasteiger partial charge < -0.3 is 9.47 Å². The first-order valence-corrected chi connectivity index (χ1v) is 7.22. The molecule has 1 aromatic carbocycles. The number of halogens is 1. The normalized spacial score (nSPS) is 15.1. The summed E-state index contributed by atoms with van der Waals surface area (Å²) in [5.41, 5.74) is 1.06. The summed E-state index contributed by atoms with van der Waals surface area (Å²) >= 11 is 1.97. The van der Waals surface area contributed by atoms with Gasteiger partial charge in [-0.05, 0) is 34.2 Å². The van der Waals surface area contributed by atoms with Crippen LogP contribution in [0.5, 0.6) is 0 Å². The second kappa shape index (κ2) is 6.71. The lowest BCUT2D eigenvalue weighted by atomic mass is 10.1. The van der Waals surface area contributed by atoms with Gasteiger partial charge in [-0.1, -0.05) is 36.4 Å². The fourth-order valence-electron chi connectivity index (χ4n) is 1.94. The fourth-order valence-corrected chi connectivity index (χ4v) is 2.61. The maximum Gasteiger partial charge on any atom is 0.236 e. The van der Waals surface area contributed by atoms with Crippen molar-refractivity contribution in [3.63, 3.8) is 0 Å². The van der Waals surface area contributed by atoms with Crippen LogP contribution < -0.4 is 0 Å². The lowest BCUT2D eigenvalue weighted by molar-refractivity contribution is -0.117. The van der Waals surface area contributed by atoms with Crippen molar-refractivity contribution >= 4 is 40.2 Å². The first kappa shape index (κ1) is 15.5. The van der Waals surface area contributed by atoms with E-state index in [1.54, 1.807) is 6.08 Å². The molecule has 1 aliphatic rings. The molecule has 0 saturated heterocycles. The molecule has 1 aromatic rings. The Balaban J connectivity index is 2.35. The van der Waals surface area contributed by atoms with Gasteiger partial charge in [0.05, 0.1) is 19.8 Å². The van der Waals surface area contributed by atoms with E-state index >= 15 is 0 Å². The van der Waals surface area contributed by atoms with E-state index < -0.39 is 11.6 Å². The van der Waals surface area contributed by atoms with Crippen LogP contribution in [0.1, 0.15) is 5.56 Å². The van der Waals surface area contributed by atoms with Gasteiger partial charge in [-0.2, -0.15) is 0 Å². The molecule has 21 heavy (non-hydrogen) atoms. The van der Waals surface area contributed by atoms with E-state index in [0.717, 1.165) is 5.56 Å². The number of hydrogen-bond acceptors (Lipinski definition) is 4. The van der Waals surface area contributed by atoms with E-state index in [9.17, 15) is 9.59 Å². The quantitative estimate of drug-likeness (QED) is 0.446. The number of hydrogen-bond donors (Lipinski definition) is 0. The maximum absolute atomic E-state index is 12.2. The van der Waals surface area contributed by atoms with Crippen molar-refractivity contribution in [1.82, 2.24) is 0 Å². The van der Waals surface area contributed by atoms with E-state index in [2.05, 4.69) is 0 Å². The van der Waals surface area contributed by atoms with E-state index in [1.807, 2.05) is 59.0 Å². The Morgan fingerprint density at radius 1 is 1.00 bits per heavy atom. The van der Waals surface area contributed by atoms with E-state index in [1.165, 1.54) is 14.2 Å². The lowest BCUT2D eigenvalue weighted by Gasteiger charge is -1.99. The number of carbonyl (C=O) groups excluding carboxylic acids is 2. The molecule has 108 valence electrons. The van der Waals surface area contributed by atoms with Gasteiger partial charge in [0, 0.05) is 3.58 Å². The highest BCUT2D eigenvalue weighted by atomic mass is 127. The number of benzene rings is 1. The summed E-state index contributed by atoms with van der Waals surface area (Å²) in [6.07, 6.45) is 3.57. The zero-order valence-corrected chi connectivity index (χ0v) is 13.7. The molecule has 0 unspecified atom stereocenters. The van der Waals surface area contributed by atoms with Crippen molar-refractivity contribution in [2.24, 2.45) is 0 Å². The molecular formula is C16H13IO4. The number of ketones is 2. The third kappa shape index (κ3) is 3.07. The molecule has 4 nitrogen and oxygen atoms in total. The number of methoxy groups -OCH3 is 2. The lowest BCUT2D eigenvalue weighted by Crippen LogP contribution is -2.06. The summed E-state index contributed by atoms with van der Waals surface area (Å²) in [6, 6.07) is 9.62. The Morgan fingerprint density at radius 3 is 2.00 bits per heavy atom. The van der Waals surface area contributed by atoms with Crippen LogP contribution in [0.4, 0.5) is 0 Å². The van der Waals surface area contributed by atoms with Crippen molar-refractivity contribution in [2.45, 2.75) is 0 Å². The summed E-state index contributed by atoms with van der Waals surface area (Å²) in [5.74, 6) is -0.970. The first-order valence-electron chi connectivity index (χ1n) is 6.14. The molecule has 0 fully saturated rings. The molecule has 1 aliphatic carbocycles. The van der Waals surface area contributed by atoms with Crippen LogP contribution in [-0.2, 0) is 19.1 Å². The van der Waals surface area contributed by atoms with Gasteiger partial charge in [0.25, 0.3) is 0 Å². The van der Waals surface area contributed by atoms with Gasteiger partial charge in [-0.15, -0.1) is 0 Å². The van der Waals surface area contributed by atoms with Crippen molar-refractivity contribution in [2.75, 3.05) is 14.2 Å². The molecule has 0 amide bonds. The second-order valence-corrected chi connectivity index (χ2v) is 5.35. The highest BCUT2D eigenvalue weighted by Crippen LogP contribution is 2.30. The van der Waals surface area contributed by atoms with Crippen LogP contribution in [0, 0.1) is 0 Å².